The van der Waals surface area contributed by atoms with E-state index in [1.165, 1.54) is 39.0 Å². The second kappa shape index (κ2) is 5.72. The molecule has 1 atom stereocenters. The minimum Gasteiger partial charge on any atom is -0.492 e. The Balaban J connectivity index is 1.41. The first-order valence-corrected chi connectivity index (χ1v) is 7.06. The lowest BCUT2D eigenvalue weighted by Crippen LogP contribution is -2.50. The van der Waals surface area contributed by atoms with Crippen LogP contribution in [0, 0.1) is 0 Å². The van der Waals surface area contributed by atoms with E-state index >= 15 is 0 Å². The molecule has 0 aliphatic carbocycles. The van der Waals surface area contributed by atoms with Gasteiger partial charge < -0.3 is 4.74 Å². The molecule has 2 aliphatic heterocycles. The van der Waals surface area contributed by atoms with E-state index in [1.807, 2.05) is 30.3 Å². The van der Waals surface area contributed by atoms with E-state index in [4.69, 9.17) is 4.74 Å². The van der Waals surface area contributed by atoms with Crippen molar-refractivity contribution in [3.05, 3.63) is 30.3 Å². The SMILES string of the molecule is c1ccc(OCCN2CCN3CCCC3C2)cc1. The van der Waals surface area contributed by atoms with Crippen molar-refractivity contribution >= 4 is 0 Å². The van der Waals surface area contributed by atoms with Crippen molar-refractivity contribution in [2.75, 3.05) is 39.3 Å². The van der Waals surface area contributed by atoms with Crippen LogP contribution in [0.5, 0.6) is 5.75 Å². The quantitative estimate of drug-likeness (QED) is 0.806. The molecule has 0 N–H and O–H groups in total. The zero-order valence-electron chi connectivity index (χ0n) is 10.9. The molecule has 1 aromatic rings. The first-order chi connectivity index (χ1) is 8.92. The van der Waals surface area contributed by atoms with Gasteiger partial charge in [-0.25, -0.2) is 0 Å². The monoisotopic (exact) mass is 246 g/mol. The maximum Gasteiger partial charge on any atom is 0.119 e. The van der Waals surface area contributed by atoms with Crippen LogP contribution in [0.3, 0.4) is 0 Å². The van der Waals surface area contributed by atoms with Gasteiger partial charge in [-0.15, -0.1) is 0 Å². The molecule has 1 aromatic carbocycles. The molecule has 2 saturated heterocycles. The van der Waals surface area contributed by atoms with Crippen LogP contribution in [-0.4, -0.2) is 55.2 Å². The highest BCUT2D eigenvalue weighted by molar-refractivity contribution is 5.20. The predicted octanol–water partition coefficient (Wildman–Crippen LogP) is 1.85. The summed E-state index contributed by atoms with van der Waals surface area (Å²) in [6.45, 7) is 6.86. The lowest BCUT2D eigenvalue weighted by Gasteiger charge is -2.37. The van der Waals surface area contributed by atoms with Gasteiger partial charge in [-0.1, -0.05) is 18.2 Å². The molecule has 2 heterocycles. The van der Waals surface area contributed by atoms with Crippen LogP contribution < -0.4 is 4.74 Å². The molecule has 0 amide bonds. The Hall–Kier alpha value is -1.06. The summed E-state index contributed by atoms with van der Waals surface area (Å²) in [6.07, 6.45) is 2.77. The first kappa shape index (κ1) is 12.0. The standard InChI is InChI=1S/C15H22N2O/c1-2-6-15(7-3-1)18-12-11-16-9-10-17-8-4-5-14(17)13-16/h1-3,6-7,14H,4-5,8-13H2. The van der Waals surface area contributed by atoms with E-state index in [-0.39, 0.29) is 0 Å². The molecule has 0 radical (unpaired) electrons. The van der Waals surface area contributed by atoms with Crippen LogP contribution in [0.25, 0.3) is 0 Å². The molecule has 0 saturated carbocycles. The van der Waals surface area contributed by atoms with Crippen LogP contribution in [0.2, 0.25) is 0 Å². The fourth-order valence-corrected chi connectivity index (χ4v) is 3.07. The van der Waals surface area contributed by atoms with Crippen molar-refractivity contribution < 1.29 is 4.74 Å². The number of hydrogen-bond acceptors (Lipinski definition) is 3. The average Bonchev–Trinajstić information content (AvgIpc) is 2.87. The molecule has 1 unspecified atom stereocenters. The highest BCUT2D eigenvalue weighted by atomic mass is 16.5. The van der Waals surface area contributed by atoms with Crippen LogP contribution in [0.15, 0.2) is 30.3 Å². The normalized spacial score (nSPS) is 25.0. The van der Waals surface area contributed by atoms with Gasteiger partial charge in [0.25, 0.3) is 0 Å². The minimum atomic E-state index is 0.802. The van der Waals surface area contributed by atoms with Gasteiger partial charge in [-0.2, -0.15) is 0 Å². The van der Waals surface area contributed by atoms with Gasteiger partial charge in [-0.3, -0.25) is 9.80 Å². The Kier molecular flexibility index (Phi) is 3.81. The average molecular weight is 246 g/mol. The fourth-order valence-electron chi connectivity index (χ4n) is 3.07. The van der Waals surface area contributed by atoms with Gasteiger partial charge in [0.05, 0.1) is 0 Å². The Morgan fingerprint density at radius 1 is 1.11 bits per heavy atom. The molecule has 0 spiro atoms. The summed E-state index contributed by atoms with van der Waals surface area (Å²) < 4.78 is 5.76. The summed E-state index contributed by atoms with van der Waals surface area (Å²) in [5.41, 5.74) is 0. The summed E-state index contributed by atoms with van der Waals surface area (Å²) >= 11 is 0. The van der Waals surface area contributed by atoms with Crippen LogP contribution in [0.1, 0.15) is 12.8 Å². The molecule has 2 aliphatic rings. The van der Waals surface area contributed by atoms with Crippen molar-refractivity contribution in [1.29, 1.82) is 0 Å². The largest absolute Gasteiger partial charge is 0.492 e. The second-order valence-corrected chi connectivity index (χ2v) is 5.29. The van der Waals surface area contributed by atoms with E-state index < -0.39 is 0 Å². The molecule has 3 nitrogen and oxygen atoms in total. The van der Waals surface area contributed by atoms with E-state index in [0.29, 0.717) is 0 Å². The van der Waals surface area contributed by atoms with Crippen molar-refractivity contribution in [2.24, 2.45) is 0 Å². The highest BCUT2D eigenvalue weighted by Crippen LogP contribution is 2.21. The summed E-state index contributed by atoms with van der Waals surface area (Å²) in [7, 11) is 0. The van der Waals surface area contributed by atoms with Gasteiger partial charge in [-0.05, 0) is 31.5 Å². The number of benzene rings is 1. The van der Waals surface area contributed by atoms with E-state index in [2.05, 4.69) is 9.80 Å². The van der Waals surface area contributed by atoms with Crippen LogP contribution in [-0.2, 0) is 0 Å². The number of nitrogens with zero attached hydrogens (tertiary/aromatic N) is 2. The van der Waals surface area contributed by atoms with Gasteiger partial charge in [0, 0.05) is 32.2 Å². The highest BCUT2D eigenvalue weighted by Gasteiger charge is 2.30. The topological polar surface area (TPSA) is 15.7 Å². The van der Waals surface area contributed by atoms with Gasteiger partial charge in [0.2, 0.25) is 0 Å². The van der Waals surface area contributed by atoms with Crippen molar-refractivity contribution in [1.82, 2.24) is 9.80 Å². The third kappa shape index (κ3) is 2.85. The predicted molar refractivity (Wildman–Crippen MR) is 73.0 cm³/mol. The molecule has 0 bridgehead atoms. The number of piperazine rings is 1. The van der Waals surface area contributed by atoms with Gasteiger partial charge in [0.1, 0.15) is 12.4 Å². The molecule has 98 valence electrons. The molecular weight excluding hydrogens is 224 g/mol. The van der Waals surface area contributed by atoms with Crippen LogP contribution in [0.4, 0.5) is 0 Å². The molecule has 3 rings (SSSR count). The Morgan fingerprint density at radius 3 is 2.89 bits per heavy atom. The maximum absolute atomic E-state index is 5.76. The fraction of sp³-hybridized carbons (Fsp3) is 0.600. The molecule has 0 aromatic heterocycles. The van der Waals surface area contributed by atoms with Crippen molar-refractivity contribution in [3.8, 4) is 5.75 Å². The molecule has 3 heteroatoms. The van der Waals surface area contributed by atoms with Crippen LogP contribution >= 0.6 is 0 Å². The number of ether oxygens (including phenoxy) is 1. The van der Waals surface area contributed by atoms with Crippen molar-refractivity contribution in [2.45, 2.75) is 18.9 Å². The Labute approximate surface area is 109 Å². The second-order valence-electron chi connectivity index (χ2n) is 5.29. The Morgan fingerprint density at radius 2 is 2.00 bits per heavy atom. The molecular formula is C15H22N2O. The summed E-state index contributed by atoms with van der Waals surface area (Å²) in [5, 5.41) is 0. The van der Waals surface area contributed by atoms with E-state index in [9.17, 15) is 0 Å². The Bertz CT molecular complexity index is 368. The van der Waals surface area contributed by atoms with Crippen molar-refractivity contribution in [3.63, 3.8) is 0 Å². The summed E-state index contributed by atoms with van der Waals surface area (Å²) in [5.74, 6) is 0.983. The number of rotatable bonds is 4. The number of hydrogen-bond donors (Lipinski definition) is 0. The lowest BCUT2D eigenvalue weighted by atomic mass is 10.1. The molecule has 18 heavy (non-hydrogen) atoms. The molecule has 2 fully saturated rings. The maximum atomic E-state index is 5.76. The summed E-state index contributed by atoms with van der Waals surface area (Å²) in [6, 6.07) is 10.9. The third-order valence-electron chi connectivity index (χ3n) is 4.09. The minimum absolute atomic E-state index is 0.802. The zero-order chi connectivity index (χ0) is 12.2. The number of fused-ring (bicyclic) bond motifs is 1. The summed E-state index contributed by atoms with van der Waals surface area (Å²) in [4.78, 5) is 5.20. The van der Waals surface area contributed by atoms with E-state index in [1.54, 1.807) is 0 Å². The zero-order valence-corrected chi connectivity index (χ0v) is 10.9. The van der Waals surface area contributed by atoms with Gasteiger partial charge >= 0.3 is 0 Å². The number of para-hydroxylation sites is 1. The third-order valence-corrected chi connectivity index (χ3v) is 4.09. The smallest absolute Gasteiger partial charge is 0.119 e. The lowest BCUT2D eigenvalue weighted by molar-refractivity contribution is 0.0923. The van der Waals surface area contributed by atoms with E-state index in [0.717, 1.165) is 24.9 Å². The first-order valence-electron chi connectivity index (χ1n) is 7.06. The van der Waals surface area contributed by atoms with Gasteiger partial charge in [0.15, 0.2) is 0 Å².